The fraction of sp³-hybridized carbons (Fsp3) is 0.0769. The van der Waals surface area contributed by atoms with Crippen LogP contribution in [0, 0.1) is 0 Å². The van der Waals surface area contributed by atoms with Gasteiger partial charge in [0.15, 0.2) is 0 Å². The molecule has 0 radical (unpaired) electrons. The molecule has 2 rings (SSSR count). The molecule has 0 aliphatic rings. The minimum atomic E-state index is -1.17. The smallest absolute Gasteiger partial charge is 0.0620 e. The molecule has 17 heavy (non-hydrogen) atoms. The summed E-state index contributed by atoms with van der Waals surface area (Å²) in [6.45, 7) is 0. The molecule has 2 N–H and O–H groups in total. The Balaban J connectivity index is 2.24. The van der Waals surface area contributed by atoms with E-state index in [4.69, 9.17) is 17.3 Å². The molecule has 2 aromatic rings. The molecule has 0 aromatic heterocycles. The number of nitrogen functional groups attached to an aromatic ring is 1. The Morgan fingerprint density at radius 1 is 1.06 bits per heavy atom. The maximum atomic E-state index is 12.2. The minimum absolute atomic E-state index is 0.383. The molecular formula is C13H12ClNOS. The van der Waals surface area contributed by atoms with Crippen molar-refractivity contribution in [2.45, 2.75) is 10.6 Å². The maximum absolute atomic E-state index is 12.2. The summed E-state index contributed by atoms with van der Waals surface area (Å²) in [4.78, 5) is 0.660. The quantitative estimate of drug-likeness (QED) is 0.866. The number of benzene rings is 2. The molecule has 2 nitrogen and oxygen atoms in total. The number of nitrogens with two attached hydrogens (primary N) is 1. The number of anilines is 1. The van der Waals surface area contributed by atoms with E-state index in [1.54, 1.807) is 18.2 Å². The van der Waals surface area contributed by atoms with Crippen LogP contribution in [-0.4, -0.2) is 4.21 Å². The normalized spacial score (nSPS) is 12.3. The summed E-state index contributed by atoms with van der Waals surface area (Å²) in [6.07, 6.45) is 0. The molecule has 1 unspecified atom stereocenters. The first-order valence-electron chi connectivity index (χ1n) is 5.15. The number of para-hydroxylation sites is 1. The van der Waals surface area contributed by atoms with Crippen LogP contribution in [0.5, 0.6) is 0 Å². The van der Waals surface area contributed by atoms with E-state index in [1.165, 1.54) is 0 Å². The van der Waals surface area contributed by atoms with Gasteiger partial charge in [-0.25, -0.2) is 0 Å². The second-order valence-corrected chi connectivity index (χ2v) is 5.45. The van der Waals surface area contributed by atoms with Gasteiger partial charge in [0.25, 0.3) is 0 Å². The van der Waals surface area contributed by atoms with Gasteiger partial charge in [0, 0.05) is 10.7 Å². The molecule has 0 heterocycles. The van der Waals surface area contributed by atoms with Crippen LogP contribution in [0.2, 0.25) is 5.02 Å². The van der Waals surface area contributed by atoms with Crippen LogP contribution in [0.3, 0.4) is 0 Å². The Bertz CT molecular complexity index is 557. The lowest BCUT2D eigenvalue weighted by atomic mass is 10.2. The van der Waals surface area contributed by atoms with Gasteiger partial charge in [0.1, 0.15) is 0 Å². The fourth-order valence-corrected chi connectivity index (χ4v) is 3.06. The molecule has 0 spiro atoms. The average Bonchev–Trinajstić information content (AvgIpc) is 2.32. The van der Waals surface area contributed by atoms with Gasteiger partial charge in [-0.3, -0.25) is 4.21 Å². The molecule has 0 aliphatic heterocycles. The molecule has 0 aliphatic carbocycles. The molecule has 88 valence electrons. The summed E-state index contributed by atoms with van der Waals surface area (Å²) >= 11 is 6.03. The highest BCUT2D eigenvalue weighted by Gasteiger charge is 2.09. The van der Waals surface area contributed by atoms with Crippen LogP contribution < -0.4 is 5.73 Å². The maximum Gasteiger partial charge on any atom is 0.0620 e. The van der Waals surface area contributed by atoms with Crippen molar-refractivity contribution in [3.63, 3.8) is 0 Å². The van der Waals surface area contributed by atoms with E-state index in [9.17, 15) is 4.21 Å². The molecule has 0 saturated heterocycles. The molecule has 0 fully saturated rings. The van der Waals surface area contributed by atoms with Crippen molar-refractivity contribution in [3.8, 4) is 0 Å². The molecule has 0 bridgehead atoms. The van der Waals surface area contributed by atoms with Crippen LogP contribution in [0.1, 0.15) is 5.56 Å². The molecule has 0 amide bonds. The van der Waals surface area contributed by atoms with Crippen molar-refractivity contribution in [2.75, 3.05) is 5.73 Å². The van der Waals surface area contributed by atoms with Crippen LogP contribution in [-0.2, 0) is 16.6 Å². The molecule has 2 aromatic carbocycles. The van der Waals surface area contributed by atoms with Crippen molar-refractivity contribution in [2.24, 2.45) is 0 Å². The molecule has 1 atom stereocenters. The zero-order chi connectivity index (χ0) is 12.3. The highest BCUT2D eigenvalue weighted by atomic mass is 35.5. The number of rotatable bonds is 3. The van der Waals surface area contributed by atoms with Gasteiger partial charge in [-0.15, -0.1) is 0 Å². The standard InChI is InChI=1S/C13H12ClNOS/c14-11-6-2-1-5-10(11)9-17(16)13-8-4-3-7-12(13)15/h1-8H,9,15H2. The Kier molecular flexibility index (Phi) is 3.82. The van der Waals surface area contributed by atoms with E-state index in [0.717, 1.165) is 5.56 Å². The van der Waals surface area contributed by atoms with Gasteiger partial charge >= 0.3 is 0 Å². The fourth-order valence-electron chi connectivity index (χ4n) is 1.52. The summed E-state index contributed by atoms with van der Waals surface area (Å²) in [5, 5.41) is 0.635. The monoisotopic (exact) mass is 265 g/mol. The highest BCUT2D eigenvalue weighted by Crippen LogP contribution is 2.22. The first-order chi connectivity index (χ1) is 8.18. The third kappa shape index (κ3) is 2.87. The van der Waals surface area contributed by atoms with Gasteiger partial charge in [0.2, 0.25) is 0 Å². The van der Waals surface area contributed by atoms with Crippen LogP contribution >= 0.6 is 11.6 Å². The predicted octanol–water partition coefficient (Wildman–Crippen LogP) is 3.23. The van der Waals surface area contributed by atoms with E-state index in [1.807, 2.05) is 30.3 Å². The van der Waals surface area contributed by atoms with Crippen molar-refractivity contribution in [3.05, 3.63) is 59.1 Å². The molecular weight excluding hydrogens is 254 g/mol. The zero-order valence-electron chi connectivity index (χ0n) is 9.10. The predicted molar refractivity (Wildman–Crippen MR) is 72.4 cm³/mol. The average molecular weight is 266 g/mol. The summed E-state index contributed by atoms with van der Waals surface area (Å²) < 4.78 is 12.2. The van der Waals surface area contributed by atoms with Crippen molar-refractivity contribution in [1.82, 2.24) is 0 Å². The lowest BCUT2D eigenvalue weighted by Crippen LogP contribution is -2.01. The van der Waals surface area contributed by atoms with Crippen LogP contribution in [0.4, 0.5) is 5.69 Å². The largest absolute Gasteiger partial charge is 0.398 e. The molecule has 4 heteroatoms. The van der Waals surface area contributed by atoms with Gasteiger partial charge in [0.05, 0.1) is 21.4 Å². The Morgan fingerprint density at radius 2 is 1.71 bits per heavy atom. The van der Waals surface area contributed by atoms with E-state index in [-0.39, 0.29) is 0 Å². The van der Waals surface area contributed by atoms with Gasteiger partial charge in [-0.05, 0) is 23.8 Å². The van der Waals surface area contributed by atoms with Crippen molar-refractivity contribution < 1.29 is 4.21 Å². The van der Waals surface area contributed by atoms with E-state index in [2.05, 4.69) is 0 Å². The Hall–Kier alpha value is -1.32. The highest BCUT2D eigenvalue weighted by molar-refractivity contribution is 7.84. The SMILES string of the molecule is Nc1ccccc1S(=O)Cc1ccccc1Cl. The van der Waals surface area contributed by atoms with Crippen molar-refractivity contribution in [1.29, 1.82) is 0 Å². The van der Waals surface area contributed by atoms with Crippen molar-refractivity contribution >= 4 is 28.1 Å². The second kappa shape index (κ2) is 5.34. The number of hydrogen-bond acceptors (Lipinski definition) is 2. The lowest BCUT2D eigenvalue weighted by Gasteiger charge is -2.06. The minimum Gasteiger partial charge on any atom is -0.398 e. The van der Waals surface area contributed by atoms with E-state index in [0.29, 0.717) is 21.4 Å². The number of hydrogen-bond donors (Lipinski definition) is 1. The summed E-state index contributed by atoms with van der Waals surface area (Å²) in [6, 6.07) is 14.6. The Morgan fingerprint density at radius 3 is 2.41 bits per heavy atom. The van der Waals surface area contributed by atoms with Crippen LogP contribution in [0.15, 0.2) is 53.4 Å². The molecule has 0 saturated carbocycles. The summed E-state index contributed by atoms with van der Waals surface area (Å²) in [5.41, 5.74) is 7.21. The first kappa shape index (κ1) is 12.1. The third-order valence-corrected chi connectivity index (χ3v) is 4.21. The summed E-state index contributed by atoms with van der Waals surface area (Å²) in [7, 11) is -1.17. The number of halogens is 1. The van der Waals surface area contributed by atoms with E-state index < -0.39 is 10.8 Å². The van der Waals surface area contributed by atoms with Crippen LogP contribution in [0.25, 0.3) is 0 Å². The second-order valence-electron chi connectivity index (χ2n) is 3.62. The van der Waals surface area contributed by atoms with Gasteiger partial charge < -0.3 is 5.73 Å². The van der Waals surface area contributed by atoms with Gasteiger partial charge in [-0.2, -0.15) is 0 Å². The zero-order valence-corrected chi connectivity index (χ0v) is 10.7. The third-order valence-electron chi connectivity index (χ3n) is 2.41. The summed E-state index contributed by atoms with van der Waals surface area (Å²) in [5.74, 6) is 0.383. The van der Waals surface area contributed by atoms with E-state index >= 15 is 0 Å². The topological polar surface area (TPSA) is 43.1 Å². The lowest BCUT2D eigenvalue weighted by molar-refractivity contribution is 0.683. The first-order valence-corrected chi connectivity index (χ1v) is 6.84. The Labute approximate surface area is 108 Å². The van der Waals surface area contributed by atoms with Gasteiger partial charge in [-0.1, -0.05) is 41.9 Å².